The molecule has 0 fully saturated rings. The molecular formula is C12H15BrN4O2S. The van der Waals surface area contributed by atoms with Gasteiger partial charge >= 0.3 is 0 Å². The molecule has 1 aromatic carbocycles. The summed E-state index contributed by atoms with van der Waals surface area (Å²) in [5.74, 6) is 0.580. The van der Waals surface area contributed by atoms with Gasteiger partial charge in [-0.3, -0.25) is 0 Å². The van der Waals surface area contributed by atoms with Gasteiger partial charge in [-0.1, -0.05) is 15.9 Å². The quantitative estimate of drug-likeness (QED) is 0.816. The van der Waals surface area contributed by atoms with Gasteiger partial charge in [-0.05, 0) is 24.6 Å². The van der Waals surface area contributed by atoms with Crippen molar-refractivity contribution in [2.75, 3.05) is 12.8 Å². The molecule has 20 heavy (non-hydrogen) atoms. The van der Waals surface area contributed by atoms with Gasteiger partial charge in [-0.25, -0.2) is 13.4 Å². The number of aromatic nitrogens is 2. The van der Waals surface area contributed by atoms with Crippen molar-refractivity contribution in [2.24, 2.45) is 0 Å². The Kier molecular flexibility index (Phi) is 4.17. The van der Waals surface area contributed by atoms with Crippen molar-refractivity contribution in [3.8, 4) is 0 Å². The Labute approximate surface area is 126 Å². The Balaban J connectivity index is 2.40. The third kappa shape index (κ3) is 2.87. The summed E-state index contributed by atoms with van der Waals surface area (Å²) in [6, 6.07) is 3.24. The zero-order valence-electron chi connectivity index (χ0n) is 11.1. The van der Waals surface area contributed by atoms with Crippen LogP contribution in [0.5, 0.6) is 0 Å². The third-order valence-electron chi connectivity index (χ3n) is 2.98. The molecule has 3 N–H and O–H groups in total. The van der Waals surface area contributed by atoms with Gasteiger partial charge in [-0.2, -0.15) is 4.31 Å². The van der Waals surface area contributed by atoms with Crippen LogP contribution in [0.4, 0.5) is 5.69 Å². The van der Waals surface area contributed by atoms with E-state index in [-0.39, 0.29) is 11.4 Å². The second-order valence-electron chi connectivity index (χ2n) is 4.42. The number of sulfonamides is 1. The van der Waals surface area contributed by atoms with E-state index in [1.54, 1.807) is 31.5 Å². The average molecular weight is 359 g/mol. The molecule has 108 valence electrons. The Bertz CT molecular complexity index is 713. The molecule has 2 rings (SSSR count). The number of halogens is 1. The fraction of sp³-hybridized carbons (Fsp3) is 0.250. The van der Waals surface area contributed by atoms with Crippen LogP contribution in [0.15, 0.2) is 33.9 Å². The van der Waals surface area contributed by atoms with E-state index in [4.69, 9.17) is 5.73 Å². The summed E-state index contributed by atoms with van der Waals surface area (Å²) < 4.78 is 27.0. The maximum absolute atomic E-state index is 12.6. The number of nitrogen functional groups attached to an aromatic ring is 1. The molecule has 0 aliphatic rings. The summed E-state index contributed by atoms with van der Waals surface area (Å²) in [7, 11) is -2.12. The van der Waals surface area contributed by atoms with Crippen molar-refractivity contribution in [1.29, 1.82) is 0 Å². The molecule has 8 heteroatoms. The van der Waals surface area contributed by atoms with Gasteiger partial charge in [0.1, 0.15) is 5.82 Å². The first-order valence-corrected chi connectivity index (χ1v) is 8.06. The van der Waals surface area contributed by atoms with E-state index in [0.29, 0.717) is 21.5 Å². The van der Waals surface area contributed by atoms with Crippen LogP contribution in [0.25, 0.3) is 0 Å². The predicted octanol–water partition coefficient (Wildman–Crippen LogP) is 1.88. The minimum Gasteiger partial charge on any atom is -0.398 e. The van der Waals surface area contributed by atoms with Gasteiger partial charge in [0.05, 0.1) is 11.4 Å². The number of rotatable bonds is 4. The first-order valence-electron chi connectivity index (χ1n) is 5.82. The van der Waals surface area contributed by atoms with E-state index in [9.17, 15) is 8.42 Å². The van der Waals surface area contributed by atoms with E-state index >= 15 is 0 Å². The van der Waals surface area contributed by atoms with Crippen molar-refractivity contribution < 1.29 is 8.42 Å². The number of nitrogens with one attached hydrogen (secondary N) is 1. The Morgan fingerprint density at radius 1 is 1.45 bits per heavy atom. The van der Waals surface area contributed by atoms with E-state index in [0.717, 1.165) is 0 Å². The molecule has 2 aromatic rings. The van der Waals surface area contributed by atoms with Crippen LogP contribution < -0.4 is 5.73 Å². The first-order chi connectivity index (χ1) is 9.32. The van der Waals surface area contributed by atoms with Crippen LogP contribution in [-0.2, 0) is 16.6 Å². The molecule has 0 aliphatic carbocycles. The number of benzene rings is 1. The molecule has 0 unspecified atom stereocenters. The molecule has 6 nitrogen and oxygen atoms in total. The van der Waals surface area contributed by atoms with E-state index in [2.05, 4.69) is 25.9 Å². The molecule has 0 atom stereocenters. The number of imidazole rings is 1. The smallest absolute Gasteiger partial charge is 0.243 e. The zero-order chi connectivity index (χ0) is 14.9. The highest BCUT2D eigenvalue weighted by molar-refractivity contribution is 9.10. The fourth-order valence-electron chi connectivity index (χ4n) is 1.79. The molecule has 0 amide bonds. The van der Waals surface area contributed by atoms with Crippen LogP contribution in [0.1, 0.15) is 11.4 Å². The van der Waals surface area contributed by atoms with Gasteiger partial charge in [0.2, 0.25) is 10.0 Å². The highest BCUT2D eigenvalue weighted by atomic mass is 79.9. The normalized spacial score (nSPS) is 12.0. The van der Waals surface area contributed by atoms with Crippen molar-refractivity contribution in [1.82, 2.24) is 14.3 Å². The Hall–Kier alpha value is -1.38. The number of hydrogen-bond acceptors (Lipinski definition) is 4. The number of nitrogens with zero attached hydrogens (tertiary/aromatic N) is 2. The second-order valence-corrected chi connectivity index (χ2v) is 7.34. The van der Waals surface area contributed by atoms with Crippen molar-refractivity contribution in [3.05, 3.63) is 40.4 Å². The van der Waals surface area contributed by atoms with Crippen molar-refractivity contribution in [3.63, 3.8) is 0 Å². The molecule has 1 aromatic heterocycles. The largest absolute Gasteiger partial charge is 0.398 e. The summed E-state index contributed by atoms with van der Waals surface area (Å²) >= 11 is 3.27. The first kappa shape index (κ1) is 15.0. The van der Waals surface area contributed by atoms with Crippen molar-refractivity contribution >= 4 is 31.6 Å². The molecule has 0 spiro atoms. The Morgan fingerprint density at radius 2 is 2.15 bits per heavy atom. The van der Waals surface area contributed by atoms with Crippen molar-refractivity contribution in [2.45, 2.75) is 18.4 Å². The summed E-state index contributed by atoms with van der Waals surface area (Å²) in [6.45, 7) is 1.86. The molecule has 0 bridgehead atoms. The minimum absolute atomic E-state index is 0.168. The number of aromatic amines is 1. The predicted molar refractivity (Wildman–Crippen MR) is 80.5 cm³/mol. The van der Waals surface area contributed by atoms with Crippen LogP contribution in [-0.4, -0.2) is 29.7 Å². The number of hydrogen-bond donors (Lipinski definition) is 2. The zero-order valence-corrected chi connectivity index (χ0v) is 13.5. The lowest BCUT2D eigenvalue weighted by molar-refractivity contribution is 0.457. The highest BCUT2D eigenvalue weighted by Crippen LogP contribution is 2.28. The standard InChI is InChI=1S/C12H15BrN4O2S/c1-8-10(14)5-9(13)6-11(8)20(18,19)17(2)7-12-15-3-4-16-12/h3-6H,7,14H2,1-2H3,(H,15,16). The number of H-pyrrole nitrogens is 1. The lowest BCUT2D eigenvalue weighted by Crippen LogP contribution is -2.27. The SMILES string of the molecule is Cc1c(N)cc(Br)cc1S(=O)(=O)N(C)Cc1ncc[nH]1. The molecule has 1 heterocycles. The third-order valence-corrected chi connectivity index (χ3v) is 5.37. The lowest BCUT2D eigenvalue weighted by Gasteiger charge is -2.18. The summed E-state index contributed by atoms with van der Waals surface area (Å²) in [5.41, 5.74) is 6.80. The average Bonchev–Trinajstić information content (AvgIpc) is 2.86. The van der Waals surface area contributed by atoms with E-state index in [1.165, 1.54) is 11.4 Å². The molecule has 0 saturated carbocycles. The van der Waals surface area contributed by atoms with Gasteiger partial charge in [-0.15, -0.1) is 0 Å². The monoisotopic (exact) mass is 358 g/mol. The molecule has 0 aliphatic heterocycles. The highest BCUT2D eigenvalue weighted by Gasteiger charge is 2.24. The molecular weight excluding hydrogens is 344 g/mol. The second kappa shape index (κ2) is 5.55. The summed E-state index contributed by atoms with van der Waals surface area (Å²) in [4.78, 5) is 7.10. The molecule has 0 saturated heterocycles. The fourth-order valence-corrected chi connectivity index (χ4v) is 3.83. The maximum Gasteiger partial charge on any atom is 0.243 e. The summed E-state index contributed by atoms with van der Waals surface area (Å²) in [5, 5.41) is 0. The Morgan fingerprint density at radius 3 is 2.75 bits per heavy atom. The number of nitrogens with two attached hydrogens (primary N) is 1. The van der Waals surface area contributed by atoms with Crippen LogP contribution in [0.2, 0.25) is 0 Å². The van der Waals surface area contributed by atoms with E-state index < -0.39 is 10.0 Å². The van der Waals surface area contributed by atoms with Gasteiger partial charge < -0.3 is 10.7 Å². The van der Waals surface area contributed by atoms with Gasteiger partial charge in [0, 0.05) is 29.6 Å². The summed E-state index contributed by atoms with van der Waals surface area (Å²) in [6.07, 6.45) is 3.23. The minimum atomic E-state index is -3.63. The maximum atomic E-state index is 12.6. The van der Waals surface area contributed by atoms with Gasteiger partial charge in [0.15, 0.2) is 0 Å². The van der Waals surface area contributed by atoms with Gasteiger partial charge in [0.25, 0.3) is 0 Å². The van der Waals surface area contributed by atoms with Crippen LogP contribution >= 0.6 is 15.9 Å². The lowest BCUT2D eigenvalue weighted by atomic mass is 10.2. The topological polar surface area (TPSA) is 92.1 Å². The molecule has 0 radical (unpaired) electrons. The number of anilines is 1. The van der Waals surface area contributed by atoms with E-state index in [1.807, 2.05) is 0 Å². The van der Waals surface area contributed by atoms with Crippen LogP contribution in [0.3, 0.4) is 0 Å². The van der Waals surface area contributed by atoms with Crippen LogP contribution in [0, 0.1) is 6.92 Å².